The molecule has 4 N–H and O–H groups in total. The maximum absolute atomic E-state index is 11.7. The third kappa shape index (κ3) is 7.56. The zero-order valence-electron chi connectivity index (χ0n) is 15.0. The third-order valence-electron chi connectivity index (χ3n) is 4.12. The first-order valence-electron chi connectivity index (χ1n) is 9.20. The predicted octanol–water partition coefficient (Wildman–Crippen LogP) is 1.38. The summed E-state index contributed by atoms with van der Waals surface area (Å²) in [5.74, 6) is 0.844. The third-order valence-corrected chi connectivity index (χ3v) is 4.12. The number of aliphatic hydroxyl groups excluding tert-OH is 1. The molecule has 2 rings (SSSR count). The van der Waals surface area contributed by atoms with Gasteiger partial charge in [0.15, 0.2) is 5.96 Å². The Labute approximate surface area is 150 Å². The number of hydrogen-bond acceptors (Lipinski definition) is 3. The van der Waals surface area contributed by atoms with Gasteiger partial charge < -0.3 is 21.1 Å². The van der Waals surface area contributed by atoms with Crippen LogP contribution in [0.15, 0.2) is 35.3 Å². The zero-order valence-corrected chi connectivity index (χ0v) is 15.0. The van der Waals surface area contributed by atoms with Gasteiger partial charge in [0.25, 0.3) is 0 Å². The van der Waals surface area contributed by atoms with Crippen LogP contribution in [-0.4, -0.2) is 49.3 Å². The van der Waals surface area contributed by atoms with Crippen molar-refractivity contribution in [1.29, 1.82) is 0 Å². The Hall–Kier alpha value is -2.08. The van der Waals surface area contributed by atoms with E-state index in [2.05, 4.69) is 20.9 Å². The molecule has 1 fully saturated rings. The first-order valence-corrected chi connectivity index (χ1v) is 9.20. The molecule has 0 spiro atoms. The first-order chi connectivity index (χ1) is 12.2. The molecule has 1 saturated carbocycles. The van der Waals surface area contributed by atoms with Crippen LogP contribution in [0.5, 0.6) is 0 Å². The Morgan fingerprint density at radius 3 is 2.68 bits per heavy atom. The Bertz CT molecular complexity index is 544. The molecule has 1 aromatic carbocycles. The highest BCUT2D eigenvalue weighted by atomic mass is 16.3. The van der Waals surface area contributed by atoms with Gasteiger partial charge in [-0.1, -0.05) is 30.3 Å². The van der Waals surface area contributed by atoms with Crippen LogP contribution < -0.4 is 16.0 Å². The Morgan fingerprint density at radius 1 is 1.28 bits per heavy atom. The molecule has 6 heteroatoms. The summed E-state index contributed by atoms with van der Waals surface area (Å²) in [6, 6.07) is 10.3. The van der Waals surface area contributed by atoms with Gasteiger partial charge in [-0.15, -0.1) is 0 Å². The fourth-order valence-corrected chi connectivity index (χ4v) is 2.52. The van der Waals surface area contributed by atoms with Gasteiger partial charge in [-0.25, -0.2) is 0 Å². The highest BCUT2D eigenvalue weighted by molar-refractivity contribution is 5.80. The minimum Gasteiger partial charge on any atom is -0.396 e. The van der Waals surface area contributed by atoms with Crippen molar-refractivity contribution in [3.63, 3.8) is 0 Å². The largest absolute Gasteiger partial charge is 0.396 e. The molecule has 0 aliphatic heterocycles. The van der Waals surface area contributed by atoms with Gasteiger partial charge in [0.1, 0.15) is 0 Å². The summed E-state index contributed by atoms with van der Waals surface area (Å²) in [6.07, 6.45) is 3.54. The van der Waals surface area contributed by atoms with E-state index in [9.17, 15) is 9.90 Å². The zero-order chi connectivity index (χ0) is 17.9. The maximum Gasteiger partial charge on any atom is 0.220 e. The predicted molar refractivity (Wildman–Crippen MR) is 101 cm³/mol. The summed E-state index contributed by atoms with van der Waals surface area (Å²) in [5.41, 5.74) is 1.08. The van der Waals surface area contributed by atoms with Crippen molar-refractivity contribution in [2.75, 3.05) is 26.2 Å². The highest BCUT2D eigenvalue weighted by Crippen LogP contribution is 2.18. The van der Waals surface area contributed by atoms with Crippen molar-refractivity contribution in [2.45, 2.75) is 44.6 Å². The summed E-state index contributed by atoms with van der Waals surface area (Å²) in [7, 11) is 0. The lowest BCUT2D eigenvalue weighted by Crippen LogP contribution is -2.38. The summed E-state index contributed by atoms with van der Waals surface area (Å²) in [5, 5.41) is 19.1. The van der Waals surface area contributed by atoms with Gasteiger partial charge in [0.05, 0.1) is 13.2 Å². The standard InChI is InChI=1S/C19H30N4O2/c1-2-20-19(21-12-6-9-18(25)23-17-10-11-17)22-13-16(14-24)15-7-4-3-5-8-15/h3-5,7-8,16-17,24H,2,6,9-14H2,1H3,(H,23,25)(H2,20,21,22). The number of hydrogen-bond donors (Lipinski definition) is 4. The lowest BCUT2D eigenvalue weighted by atomic mass is 10.0. The Kier molecular flexibility index (Phi) is 8.25. The molecule has 0 aromatic heterocycles. The summed E-state index contributed by atoms with van der Waals surface area (Å²) < 4.78 is 0. The smallest absolute Gasteiger partial charge is 0.220 e. The van der Waals surface area contributed by atoms with E-state index in [0.29, 0.717) is 25.6 Å². The monoisotopic (exact) mass is 346 g/mol. The van der Waals surface area contributed by atoms with Crippen LogP contribution in [0.3, 0.4) is 0 Å². The number of guanidine groups is 1. The van der Waals surface area contributed by atoms with Crippen LogP contribution in [0.25, 0.3) is 0 Å². The van der Waals surface area contributed by atoms with Crippen LogP contribution in [-0.2, 0) is 4.79 Å². The van der Waals surface area contributed by atoms with Crippen LogP contribution in [0, 0.1) is 0 Å². The van der Waals surface area contributed by atoms with Crippen LogP contribution >= 0.6 is 0 Å². The molecule has 25 heavy (non-hydrogen) atoms. The van der Waals surface area contributed by atoms with Crippen molar-refractivity contribution >= 4 is 11.9 Å². The van der Waals surface area contributed by atoms with Crippen LogP contribution in [0.2, 0.25) is 0 Å². The topological polar surface area (TPSA) is 85.8 Å². The van der Waals surface area contributed by atoms with E-state index in [4.69, 9.17) is 0 Å². The number of amides is 1. The maximum atomic E-state index is 11.7. The molecule has 6 nitrogen and oxygen atoms in total. The van der Waals surface area contributed by atoms with Gasteiger partial charge in [-0.05, 0) is 31.7 Å². The van der Waals surface area contributed by atoms with Crippen LogP contribution in [0.4, 0.5) is 0 Å². The molecule has 1 aromatic rings. The molecule has 1 atom stereocenters. The number of carbonyl (C=O) groups excluding carboxylic acids is 1. The van der Waals surface area contributed by atoms with E-state index in [1.54, 1.807) is 0 Å². The summed E-state index contributed by atoms with van der Waals surface area (Å²) >= 11 is 0. The molecule has 0 bridgehead atoms. The number of benzene rings is 1. The Balaban J connectivity index is 1.75. The van der Waals surface area contributed by atoms with E-state index in [0.717, 1.165) is 37.3 Å². The molecular weight excluding hydrogens is 316 g/mol. The second kappa shape index (κ2) is 10.7. The van der Waals surface area contributed by atoms with Crippen molar-refractivity contribution in [3.05, 3.63) is 35.9 Å². The molecule has 138 valence electrons. The molecule has 0 heterocycles. The summed E-state index contributed by atoms with van der Waals surface area (Å²) in [4.78, 5) is 16.2. The quantitative estimate of drug-likeness (QED) is 0.293. The highest BCUT2D eigenvalue weighted by Gasteiger charge is 2.22. The van der Waals surface area contributed by atoms with E-state index in [1.807, 2.05) is 37.3 Å². The number of nitrogens with zero attached hydrogens (tertiary/aromatic N) is 1. The van der Waals surface area contributed by atoms with Gasteiger partial charge in [-0.3, -0.25) is 9.79 Å². The van der Waals surface area contributed by atoms with Crippen molar-refractivity contribution in [1.82, 2.24) is 16.0 Å². The molecular formula is C19H30N4O2. The molecule has 0 saturated heterocycles. The number of nitrogens with one attached hydrogen (secondary N) is 3. The second-order valence-electron chi connectivity index (χ2n) is 6.38. The minimum atomic E-state index is -0.0130. The molecule has 0 radical (unpaired) electrons. The average molecular weight is 346 g/mol. The normalized spacial score (nSPS) is 15.5. The van der Waals surface area contributed by atoms with Gasteiger partial charge >= 0.3 is 0 Å². The van der Waals surface area contributed by atoms with Gasteiger partial charge in [-0.2, -0.15) is 0 Å². The van der Waals surface area contributed by atoms with Gasteiger partial charge in [0.2, 0.25) is 5.91 Å². The second-order valence-corrected chi connectivity index (χ2v) is 6.38. The SMILES string of the molecule is CCNC(=NCC(CO)c1ccccc1)NCCCC(=O)NC1CC1. The van der Waals surface area contributed by atoms with E-state index in [1.165, 1.54) is 0 Å². The number of aliphatic hydroxyl groups is 1. The fraction of sp³-hybridized carbons (Fsp3) is 0.579. The van der Waals surface area contributed by atoms with Crippen LogP contribution in [0.1, 0.15) is 44.1 Å². The minimum absolute atomic E-state index is 0.0130. The first kappa shape index (κ1) is 19.2. The lowest BCUT2D eigenvalue weighted by Gasteiger charge is -2.15. The molecule has 1 amide bonds. The van der Waals surface area contributed by atoms with E-state index < -0.39 is 0 Å². The average Bonchev–Trinajstić information content (AvgIpc) is 3.44. The van der Waals surface area contributed by atoms with Crippen molar-refractivity contribution in [2.24, 2.45) is 4.99 Å². The lowest BCUT2D eigenvalue weighted by molar-refractivity contribution is -0.121. The molecule has 1 aliphatic rings. The number of carbonyl (C=O) groups is 1. The van der Waals surface area contributed by atoms with E-state index >= 15 is 0 Å². The number of rotatable bonds is 10. The number of aliphatic imine (C=N–C) groups is 1. The Morgan fingerprint density at radius 2 is 2.04 bits per heavy atom. The van der Waals surface area contributed by atoms with Gasteiger partial charge in [0, 0.05) is 31.5 Å². The summed E-state index contributed by atoms with van der Waals surface area (Å²) in [6.45, 7) is 4.05. The molecule has 1 unspecified atom stereocenters. The molecule has 1 aliphatic carbocycles. The fourth-order valence-electron chi connectivity index (χ4n) is 2.52. The van der Waals surface area contributed by atoms with E-state index in [-0.39, 0.29) is 18.4 Å². The van der Waals surface area contributed by atoms with Crippen molar-refractivity contribution < 1.29 is 9.90 Å². The van der Waals surface area contributed by atoms with Crippen molar-refractivity contribution in [3.8, 4) is 0 Å².